The molecule has 0 spiro atoms. The topological polar surface area (TPSA) is 14.8 Å². The van der Waals surface area contributed by atoms with Gasteiger partial charge in [0.2, 0.25) is 0 Å². The number of aromatic nitrogens is 3. The molecule has 0 saturated heterocycles. The summed E-state index contributed by atoms with van der Waals surface area (Å²) in [7, 11) is 4.41. The summed E-state index contributed by atoms with van der Waals surface area (Å²) in [6.45, 7) is 0. The highest BCUT2D eigenvalue weighted by Gasteiger charge is 2.19. The summed E-state index contributed by atoms with van der Waals surface area (Å²) < 4.78 is 9.84. The van der Waals surface area contributed by atoms with Gasteiger partial charge in [-0.1, -0.05) is 78.9 Å². The van der Waals surface area contributed by atoms with Crippen molar-refractivity contribution in [3.05, 3.63) is 140 Å². The van der Waals surface area contributed by atoms with Gasteiger partial charge in [-0.2, -0.15) is 0 Å². The second-order valence-electron chi connectivity index (χ2n) is 13.1. The maximum absolute atomic E-state index is 2.41. The highest BCUT2D eigenvalue weighted by atomic mass is 32.1. The average Bonchev–Trinajstić information content (AvgIpc) is 3.84. The fourth-order valence-electron chi connectivity index (χ4n) is 8.39. The van der Waals surface area contributed by atoms with Crippen LogP contribution < -0.4 is 0 Å². The maximum Gasteiger partial charge on any atom is 0.0562 e. The van der Waals surface area contributed by atoms with E-state index in [1.807, 2.05) is 11.3 Å². The van der Waals surface area contributed by atoms with E-state index in [-0.39, 0.29) is 0 Å². The molecule has 3 nitrogen and oxygen atoms in total. The second-order valence-corrected chi connectivity index (χ2v) is 14.2. The number of nitrogens with zero attached hydrogens (tertiary/aromatic N) is 3. The summed E-state index contributed by atoms with van der Waals surface area (Å²) in [6, 6.07) is 51.7. The molecule has 0 amide bonds. The van der Waals surface area contributed by atoms with E-state index in [0.717, 1.165) is 0 Å². The highest BCUT2D eigenvalue weighted by molar-refractivity contribution is 7.26. The van der Waals surface area contributed by atoms with Gasteiger partial charge in [-0.3, -0.25) is 0 Å². The molecule has 0 fully saturated rings. The molecule has 0 aliphatic carbocycles. The molecule has 4 heterocycles. The molecule has 0 aliphatic rings. The molecular formula is C44H29N3S. The molecule has 7 aromatic carbocycles. The van der Waals surface area contributed by atoms with E-state index in [1.165, 1.54) is 102 Å². The lowest BCUT2D eigenvalue weighted by molar-refractivity contribution is 1.01. The third-order valence-corrected chi connectivity index (χ3v) is 11.8. The number of hydrogen-bond donors (Lipinski definition) is 0. The van der Waals surface area contributed by atoms with Crippen molar-refractivity contribution in [2.45, 2.75) is 0 Å². The summed E-state index contributed by atoms with van der Waals surface area (Å²) in [5.74, 6) is 0. The molecule has 0 bridgehead atoms. The van der Waals surface area contributed by atoms with Crippen LogP contribution in [-0.4, -0.2) is 13.7 Å². The van der Waals surface area contributed by atoms with Crippen LogP contribution in [0.4, 0.5) is 0 Å². The molecular weight excluding hydrogens is 603 g/mol. The van der Waals surface area contributed by atoms with Gasteiger partial charge in [0.1, 0.15) is 0 Å². The Hall–Kier alpha value is -5.84. The zero-order chi connectivity index (χ0) is 31.7. The SMILES string of the molecule is Cn1c2cc(-c3ccc4c5c6c(ccc5n(C)c4c3)sc3ccccc36)ccc2c2cc3c4ccccc4n(-c4ccccc4)c3cc21. The van der Waals surface area contributed by atoms with Gasteiger partial charge in [0.05, 0.1) is 16.6 Å². The summed E-state index contributed by atoms with van der Waals surface area (Å²) in [5.41, 5.74) is 11.1. The number of rotatable bonds is 2. The van der Waals surface area contributed by atoms with Gasteiger partial charge in [0, 0.05) is 88.8 Å². The molecule has 0 saturated carbocycles. The van der Waals surface area contributed by atoms with Gasteiger partial charge in [-0.15, -0.1) is 11.3 Å². The molecule has 0 aliphatic heterocycles. The summed E-state index contributed by atoms with van der Waals surface area (Å²) in [5, 5.41) is 10.5. The van der Waals surface area contributed by atoms with Crippen molar-refractivity contribution >= 4 is 96.9 Å². The normalized spacial score (nSPS) is 12.4. The van der Waals surface area contributed by atoms with Crippen LogP contribution in [-0.2, 0) is 14.1 Å². The number of fused-ring (bicyclic) bond motifs is 13. The van der Waals surface area contributed by atoms with Crippen LogP contribution in [0.15, 0.2) is 140 Å². The predicted molar refractivity (Wildman–Crippen MR) is 207 cm³/mol. The summed E-state index contributed by atoms with van der Waals surface area (Å²) in [6.07, 6.45) is 0. The van der Waals surface area contributed by atoms with E-state index in [0.29, 0.717) is 0 Å². The first kappa shape index (κ1) is 26.3. The molecule has 4 heteroatoms. The van der Waals surface area contributed by atoms with Crippen LogP contribution in [0, 0.1) is 0 Å². The smallest absolute Gasteiger partial charge is 0.0562 e. The number of thiophene rings is 1. The number of aryl methyl sites for hydroxylation is 2. The fraction of sp³-hybridized carbons (Fsp3) is 0.0455. The first-order valence-electron chi connectivity index (χ1n) is 16.5. The molecule has 11 aromatic rings. The number of hydrogen-bond acceptors (Lipinski definition) is 1. The van der Waals surface area contributed by atoms with Crippen LogP contribution in [0.3, 0.4) is 0 Å². The Balaban J connectivity index is 1.12. The minimum atomic E-state index is 1.18. The van der Waals surface area contributed by atoms with E-state index in [2.05, 4.69) is 167 Å². The van der Waals surface area contributed by atoms with Crippen molar-refractivity contribution in [1.29, 1.82) is 0 Å². The van der Waals surface area contributed by atoms with Gasteiger partial charge in [-0.05, 0) is 71.8 Å². The lowest BCUT2D eigenvalue weighted by Crippen LogP contribution is -1.93. The fourth-order valence-corrected chi connectivity index (χ4v) is 9.50. The van der Waals surface area contributed by atoms with Gasteiger partial charge >= 0.3 is 0 Å². The van der Waals surface area contributed by atoms with Gasteiger partial charge in [-0.25, -0.2) is 0 Å². The van der Waals surface area contributed by atoms with Gasteiger partial charge in [0.15, 0.2) is 0 Å². The summed E-state index contributed by atoms with van der Waals surface area (Å²) in [4.78, 5) is 0. The van der Waals surface area contributed by atoms with E-state index in [1.54, 1.807) is 0 Å². The van der Waals surface area contributed by atoms with Crippen LogP contribution >= 0.6 is 11.3 Å². The molecule has 0 N–H and O–H groups in total. The minimum absolute atomic E-state index is 1.18. The quantitative estimate of drug-likeness (QED) is 0.180. The minimum Gasteiger partial charge on any atom is -0.344 e. The molecule has 0 radical (unpaired) electrons. The van der Waals surface area contributed by atoms with Crippen molar-refractivity contribution in [3.63, 3.8) is 0 Å². The average molecular weight is 632 g/mol. The zero-order valence-electron chi connectivity index (χ0n) is 26.5. The van der Waals surface area contributed by atoms with Crippen molar-refractivity contribution in [2.75, 3.05) is 0 Å². The van der Waals surface area contributed by atoms with Crippen LogP contribution in [0.5, 0.6) is 0 Å². The van der Waals surface area contributed by atoms with Crippen LogP contribution in [0.2, 0.25) is 0 Å². The molecule has 11 rings (SSSR count). The van der Waals surface area contributed by atoms with Crippen molar-refractivity contribution in [2.24, 2.45) is 14.1 Å². The van der Waals surface area contributed by atoms with E-state index >= 15 is 0 Å². The Morgan fingerprint density at radius 2 is 1.00 bits per heavy atom. The first-order valence-corrected chi connectivity index (χ1v) is 17.3. The molecule has 0 atom stereocenters. The second kappa shape index (κ2) is 9.37. The van der Waals surface area contributed by atoms with E-state index in [4.69, 9.17) is 0 Å². The Bertz CT molecular complexity index is 3130. The van der Waals surface area contributed by atoms with E-state index < -0.39 is 0 Å². The largest absolute Gasteiger partial charge is 0.344 e. The Morgan fingerprint density at radius 3 is 1.83 bits per heavy atom. The number of para-hydroxylation sites is 2. The Kier molecular flexibility index (Phi) is 5.13. The van der Waals surface area contributed by atoms with Crippen molar-refractivity contribution < 1.29 is 0 Å². The van der Waals surface area contributed by atoms with Gasteiger partial charge in [0.25, 0.3) is 0 Å². The van der Waals surface area contributed by atoms with Crippen molar-refractivity contribution in [1.82, 2.24) is 13.7 Å². The zero-order valence-corrected chi connectivity index (χ0v) is 27.3. The third-order valence-electron chi connectivity index (χ3n) is 10.7. The van der Waals surface area contributed by atoms with Crippen LogP contribution in [0.1, 0.15) is 0 Å². The van der Waals surface area contributed by atoms with Crippen LogP contribution in [0.25, 0.3) is 102 Å². The lowest BCUT2D eigenvalue weighted by Gasteiger charge is -2.08. The Morgan fingerprint density at radius 1 is 0.375 bits per heavy atom. The molecule has 0 unspecified atom stereocenters. The number of benzene rings is 7. The maximum atomic E-state index is 2.41. The monoisotopic (exact) mass is 631 g/mol. The lowest BCUT2D eigenvalue weighted by atomic mass is 10.0. The van der Waals surface area contributed by atoms with Gasteiger partial charge < -0.3 is 13.7 Å². The molecule has 4 aromatic heterocycles. The van der Waals surface area contributed by atoms with Crippen molar-refractivity contribution in [3.8, 4) is 16.8 Å². The van der Waals surface area contributed by atoms with E-state index in [9.17, 15) is 0 Å². The molecule has 48 heavy (non-hydrogen) atoms. The predicted octanol–water partition coefficient (Wildman–Crippen LogP) is 12.1. The Labute approximate surface area is 280 Å². The highest BCUT2D eigenvalue weighted by Crippen LogP contribution is 2.43. The standard InChI is InChI=1S/C44H29N3S/c1-45-36-20-21-42-44(32-13-7-9-15-41(32)48-42)43(36)31-19-17-27(23-38(31)45)26-16-18-30-33-24-34-29-12-6-8-14-35(29)47(28-10-4-3-5-11-28)40(34)25-39(33)46(2)37(30)22-26/h3-25H,1-2H3. The molecule has 226 valence electrons. The summed E-state index contributed by atoms with van der Waals surface area (Å²) >= 11 is 1.89. The third kappa shape index (κ3) is 3.37. The first-order chi connectivity index (χ1) is 23.6.